The van der Waals surface area contributed by atoms with Gasteiger partial charge in [0.25, 0.3) is 0 Å². The van der Waals surface area contributed by atoms with Crippen molar-refractivity contribution in [1.29, 1.82) is 0 Å². The SMILES string of the molecule is CC.CCC.COCCCOc1cc(C[C@@H](CCCCCC(=O)NCC(C)(C)C(N)=O)C(C)C)ccc1OC.NC(=O)OCc1ccccc1. The molecular formula is C40H69N3O7. The fourth-order valence-electron chi connectivity index (χ4n) is 4.41. The third-order valence-electron chi connectivity index (χ3n) is 7.52. The van der Waals surface area contributed by atoms with Crippen molar-refractivity contribution in [1.82, 2.24) is 5.32 Å². The average molecular weight is 704 g/mol. The fourth-order valence-corrected chi connectivity index (χ4v) is 4.41. The van der Waals surface area contributed by atoms with Crippen LogP contribution >= 0.6 is 0 Å². The highest BCUT2D eigenvalue weighted by Crippen LogP contribution is 2.31. The minimum absolute atomic E-state index is 0.0222. The summed E-state index contributed by atoms with van der Waals surface area (Å²) in [6.45, 7) is 18.0. The molecule has 0 bridgehead atoms. The fraction of sp³-hybridized carbons (Fsp3) is 0.625. The van der Waals surface area contributed by atoms with E-state index in [0.717, 1.165) is 55.6 Å². The normalized spacial score (nSPS) is 10.9. The standard InChI is InChI=1S/C27H46N2O5.C8H9NO2.C3H8.C2H6/c1-20(2)22(11-8-7-9-12-25(30)29-19-27(3,4)26(28)31)17-21-13-14-23(33-6)24(18-21)34-16-10-15-32-5;9-8(10)11-6-7-4-2-1-3-5-7;1-3-2;1-2/h13-14,18,20,22H,7-12,15-17,19H2,1-6H3,(H2,28,31)(H,29,30);1-5H,6H2,(H2,9,10);3H2,1-2H3;1-2H3/t22-;;;/m1.../s1. The van der Waals surface area contributed by atoms with Gasteiger partial charge in [0.2, 0.25) is 11.8 Å². The number of methoxy groups -OCH3 is 2. The summed E-state index contributed by atoms with van der Waals surface area (Å²) >= 11 is 0. The number of amides is 3. The maximum atomic E-state index is 12.1. The Hall–Kier alpha value is -3.79. The van der Waals surface area contributed by atoms with Crippen LogP contribution in [-0.4, -0.2) is 51.9 Å². The lowest BCUT2D eigenvalue weighted by Gasteiger charge is -2.22. The molecule has 0 aliphatic heterocycles. The molecule has 0 fully saturated rings. The molecular weight excluding hydrogens is 634 g/mol. The second kappa shape index (κ2) is 30.1. The molecule has 0 unspecified atom stereocenters. The lowest BCUT2D eigenvalue weighted by Crippen LogP contribution is -2.42. The molecule has 0 spiro atoms. The summed E-state index contributed by atoms with van der Waals surface area (Å²) in [5.41, 5.74) is 11.6. The Morgan fingerprint density at radius 3 is 2.02 bits per heavy atom. The summed E-state index contributed by atoms with van der Waals surface area (Å²) in [5.74, 6) is 2.22. The van der Waals surface area contributed by atoms with Crippen molar-refractivity contribution in [2.45, 2.75) is 113 Å². The van der Waals surface area contributed by atoms with Crippen LogP contribution < -0.4 is 26.3 Å². The summed E-state index contributed by atoms with van der Waals surface area (Å²) in [4.78, 5) is 33.6. The molecule has 0 aromatic heterocycles. The van der Waals surface area contributed by atoms with Gasteiger partial charge in [-0.05, 0) is 68.2 Å². The Labute approximate surface area is 303 Å². The Morgan fingerprint density at radius 2 is 1.48 bits per heavy atom. The van der Waals surface area contributed by atoms with Gasteiger partial charge in [-0.25, -0.2) is 4.79 Å². The van der Waals surface area contributed by atoms with E-state index in [-0.39, 0.29) is 19.1 Å². The average Bonchev–Trinajstić information content (AvgIpc) is 3.09. The van der Waals surface area contributed by atoms with Gasteiger partial charge in [-0.3, -0.25) is 9.59 Å². The van der Waals surface area contributed by atoms with Crippen molar-refractivity contribution in [3.63, 3.8) is 0 Å². The smallest absolute Gasteiger partial charge is 0.404 e. The third-order valence-corrected chi connectivity index (χ3v) is 7.52. The molecule has 0 radical (unpaired) electrons. The van der Waals surface area contributed by atoms with Gasteiger partial charge in [0.1, 0.15) is 6.61 Å². The van der Waals surface area contributed by atoms with Crippen LogP contribution in [-0.2, 0) is 32.1 Å². The van der Waals surface area contributed by atoms with Gasteiger partial charge < -0.3 is 35.7 Å². The molecule has 10 heteroatoms. The number of hydrogen-bond acceptors (Lipinski definition) is 7. The zero-order valence-corrected chi connectivity index (χ0v) is 32.8. The minimum atomic E-state index is -0.742. The van der Waals surface area contributed by atoms with Gasteiger partial charge in [0.05, 0.1) is 19.1 Å². The molecule has 0 saturated carbocycles. The second-order valence-corrected chi connectivity index (χ2v) is 12.8. The van der Waals surface area contributed by atoms with Crippen LogP contribution in [0, 0.1) is 17.3 Å². The molecule has 0 aliphatic rings. The van der Waals surface area contributed by atoms with Crippen molar-refractivity contribution >= 4 is 17.9 Å². The second-order valence-electron chi connectivity index (χ2n) is 12.8. The highest BCUT2D eigenvalue weighted by Gasteiger charge is 2.25. The molecule has 50 heavy (non-hydrogen) atoms. The lowest BCUT2D eigenvalue weighted by molar-refractivity contribution is -0.127. The number of carbonyl (C=O) groups excluding carboxylic acids is 3. The summed E-state index contributed by atoms with van der Waals surface area (Å²) in [7, 11) is 3.35. The number of nitrogens with one attached hydrogen (secondary N) is 1. The van der Waals surface area contributed by atoms with Crippen LogP contribution in [0.5, 0.6) is 11.5 Å². The van der Waals surface area contributed by atoms with Crippen molar-refractivity contribution in [2.75, 3.05) is 34.0 Å². The number of ether oxygens (including phenoxy) is 4. The van der Waals surface area contributed by atoms with Crippen molar-refractivity contribution in [3.05, 3.63) is 59.7 Å². The quantitative estimate of drug-likeness (QED) is 0.118. The van der Waals surface area contributed by atoms with Crippen LogP contribution in [0.4, 0.5) is 4.79 Å². The highest BCUT2D eigenvalue weighted by molar-refractivity contribution is 5.82. The van der Waals surface area contributed by atoms with Crippen LogP contribution in [0.1, 0.15) is 111 Å². The molecule has 1 atom stereocenters. The van der Waals surface area contributed by atoms with Crippen molar-refractivity contribution in [3.8, 4) is 11.5 Å². The zero-order valence-electron chi connectivity index (χ0n) is 32.8. The summed E-state index contributed by atoms with van der Waals surface area (Å²) in [6, 6.07) is 15.6. The van der Waals surface area contributed by atoms with E-state index in [0.29, 0.717) is 31.5 Å². The van der Waals surface area contributed by atoms with Crippen LogP contribution in [0.15, 0.2) is 48.5 Å². The first-order valence-corrected chi connectivity index (χ1v) is 18.1. The molecule has 2 aromatic carbocycles. The zero-order chi connectivity index (χ0) is 38.4. The van der Waals surface area contributed by atoms with Gasteiger partial charge >= 0.3 is 6.09 Å². The number of rotatable bonds is 20. The molecule has 2 rings (SSSR count). The molecule has 286 valence electrons. The molecule has 0 aliphatic carbocycles. The van der Waals surface area contributed by atoms with E-state index in [2.05, 4.69) is 49.9 Å². The molecule has 3 amide bonds. The van der Waals surface area contributed by atoms with Gasteiger partial charge in [-0.15, -0.1) is 0 Å². The Balaban J connectivity index is 0. The van der Waals surface area contributed by atoms with Crippen LogP contribution in [0.3, 0.4) is 0 Å². The Kier molecular flexibility index (Phi) is 29.1. The van der Waals surface area contributed by atoms with E-state index in [1.165, 1.54) is 12.0 Å². The molecule has 0 heterocycles. The molecule has 2 aromatic rings. The van der Waals surface area contributed by atoms with E-state index in [9.17, 15) is 14.4 Å². The maximum absolute atomic E-state index is 12.1. The minimum Gasteiger partial charge on any atom is -0.493 e. The predicted octanol–water partition coefficient (Wildman–Crippen LogP) is 8.23. The Bertz CT molecular complexity index is 1160. The number of benzene rings is 2. The van der Waals surface area contributed by atoms with E-state index in [1.54, 1.807) is 28.1 Å². The van der Waals surface area contributed by atoms with Gasteiger partial charge in [-0.2, -0.15) is 0 Å². The number of primary amides is 2. The van der Waals surface area contributed by atoms with E-state index in [1.807, 2.05) is 50.2 Å². The van der Waals surface area contributed by atoms with Gasteiger partial charge in [0.15, 0.2) is 11.5 Å². The number of nitrogens with two attached hydrogens (primary N) is 2. The first kappa shape index (κ1) is 48.3. The van der Waals surface area contributed by atoms with Gasteiger partial charge in [-0.1, -0.05) is 97.2 Å². The van der Waals surface area contributed by atoms with Crippen molar-refractivity contribution < 1.29 is 33.3 Å². The van der Waals surface area contributed by atoms with E-state index in [4.69, 9.17) is 25.7 Å². The summed E-state index contributed by atoms with van der Waals surface area (Å²) < 4.78 is 21.0. The van der Waals surface area contributed by atoms with Crippen LogP contribution in [0.25, 0.3) is 0 Å². The van der Waals surface area contributed by atoms with E-state index < -0.39 is 17.4 Å². The third kappa shape index (κ3) is 24.4. The van der Waals surface area contributed by atoms with Crippen LogP contribution in [0.2, 0.25) is 0 Å². The number of carbonyl (C=O) groups is 3. The highest BCUT2D eigenvalue weighted by atomic mass is 16.5. The first-order valence-electron chi connectivity index (χ1n) is 18.1. The maximum Gasteiger partial charge on any atom is 0.404 e. The first-order chi connectivity index (χ1) is 23.8. The van der Waals surface area contributed by atoms with Gasteiger partial charge in [0, 0.05) is 33.1 Å². The summed E-state index contributed by atoms with van der Waals surface area (Å²) in [5, 5.41) is 2.82. The molecule has 0 saturated heterocycles. The predicted molar refractivity (Wildman–Crippen MR) is 204 cm³/mol. The summed E-state index contributed by atoms with van der Waals surface area (Å²) in [6.07, 6.45) is 6.85. The van der Waals surface area contributed by atoms with Crippen molar-refractivity contribution in [2.24, 2.45) is 28.7 Å². The molecule has 10 nitrogen and oxygen atoms in total. The Morgan fingerprint density at radius 1 is 0.840 bits per heavy atom. The largest absolute Gasteiger partial charge is 0.493 e. The topological polar surface area (TPSA) is 152 Å². The lowest BCUT2D eigenvalue weighted by atomic mass is 9.85. The monoisotopic (exact) mass is 704 g/mol. The number of unbranched alkanes of at least 4 members (excludes halogenated alkanes) is 2. The number of hydrogen-bond donors (Lipinski definition) is 3. The molecule has 5 N–H and O–H groups in total. The van der Waals surface area contributed by atoms with E-state index >= 15 is 0 Å².